The Balaban J connectivity index is 1.56. The van der Waals surface area contributed by atoms with Gasteiger partial charge in [0.1, 0.15) is 0 Å². The minimum absolute atomic E-state index is 0.0404. The first kappa shape index (κ1) is 20.1. The Hall–Kier alpha value is -2.67. The van der Waals surface area contributed by atoms with Gasteiger partial charge in [0.2, 0.25) is 0 Å². The van der Waals surface area contributed by atoms with E-state index in [1.54, 1.807) is 29.0 Å². The molecule has 3 amide bonds. The van der Waals surface area contributed by atoms with Crippen molar-refractivity contribution in [1.29, 1.82) is 0 Å². The monoisotopic (exact) mass is 401 g/mol. The molecule has 2 aromatic rings. The Morgan fingerprint density at radius 3 is 2.89 bits per heavy atom. The predicted molar refractivity (Wildman–Crippen MR) is 107 cm³/mol. The fraction of sp³-hybridized carbons (Fsp3) is 0.400. The lowest BCUT2D eigenvalue weighted by Gasteiger charge is -2.37. The number of carbonyl (C=O) groups is 2. The topological polar surface area (TPSA) is 78.4 Å². The van der Waals surface area contributed by atoms with Gasteiger partial charge in [-0.15, -0.1) is 5.10 Å². The zero-order valence-electron chi connectivity index (χ0n) is 16.1. The van der Waals surface area contributed by atoms with E-state index in [2.05, 4.69) is 15.5 Å². The third kappa shape index (κ3) is 4.78. The van der Waals surface area contributed by atoms with Gasteiger partial charge >= 0.3 is 6.03 Å². The maximum atomic E-state index is 12.6. The molecule has 0 saturated carbocycles. The number of likely N-dealkylation sites (tertiary alicyclic amines) is 1. The number of aryl methyl sites for hydroxylation is 1. The van der Waals surface area contributed by atoms with Crippen LogP contribution in [0.2, 0.25) is 5.02 Å². The average molecular weight is 402 g/mol. The largest absolute Gasteiger partial charge is 0.335 e. The van der Waals surface area contributed by atoms with Gasteiger partial charge < -0.3 is 15.1 Å². The lowest BCUT2D eigenvalue weighted by molar-refractivity contribution is 0.0629. The predicted octanol–water partition coefficient (Wildman–Crippen LogP) is 2.88. The smallest absolute Gasteiger partial charge is 0.317 e. The molecule has 1 saturated heterocycles. The molecule has 8 heteroatoms. The number of hydrogen-bond donors (Lipinski definition) is 1. The standard InChI is InChI=1S/C20H24ClN5O2/c1-14-11-15(7-8-17(14)21)12-22-20(28)25(2)16-5-4-10-26(13-16)19(27)18-6-3-9-23-24-18/h3,6-9,11,16H,4-5,10,12-13H2,1-2H3,(H,22,28)/t16-/m1/s1. The van der Waals surface area contributed by atoms with Crippen LogP contribution in [0.25, 0.3) is 0 Å². The van der Waals surface area contributed by atoms with Gasteiger partial charge in [-0.2, -0.15) is 5.10 Å². The zero-order valence-corrected chi connectivity index (χ0v) is 16.8. The van der Waals surface area contributed by atoms with Crippen LogP contribution in [0.4, 0.5) is 4.79 Å². The highest BCUT2D eigenvalue weighted by Crippen LogP contribution is 2.18. The second-order valence-electron chi connectivity index (χ2n) is 7.01. The molecule has 0 aliphatic carbocycles. The van der Waals surface area contributed by atoms with Crippen molar-refractivity contribution in [1.82, 2.24) is 25.3 Å². The van der Waals surface area contributed by atoms with Crippen molar-refractivity contribution in [3.63, 3.8) is 0 Å². The van der Waals surface area contributed by atoms with E-state index in [4.69, 9.17) is 11.6 Å². The molecular weight excluding hydrogens is 378 g/mol. The first-order valence-corrected chi connectivity index (χ1v) is 9.66. The van der Waals surface area contributed by atoms with E-state index in [9.17, 15) is 9.59 Å². The minimum Gasteiger partial charge on any atom is -0.335 e. The van der Waals surface area contributed by atoms with Gasteiger partial charge in [0.25, 0.3) is 5.91 Å². The van der Waals surface area contributed by atoms with E-state index >= 15 is 0 Å². The van der Waals surface area contributed by atoms with Gasteiger partial charge in [0.05, 0.1) is 6.04 Å². The zero-order chi connectivity index (χ0) is 20.1. The van der Waals surface area contributed by atoms with Crippen molar-refractivity contribution in [3.05, 3.63) is 58.4 Å². The van der Waals surface area contributed by atoms with E-state index in [-0.39, 0.29) is 18.0 Å². The number of urea groups is 1. The van der Waals surface area contributed by atoms with Crippen LogP contribution in [-0.4, -0.2) is 58.1 Å². The molecule has 1 aliphatic rings. The lowest BCUT2D eigenvalue weighted by Crippen LogP contribution is -2.52. The third-order valence-electron chi connectivity index (χ3n) is 5.01. The Morgan fingerprint density at radius 2 is 2.18 bits per heavy atom. The van der Waals surface area contributed by atoms with E-state index < -0.39 is 0 Å². The number of aromatic nitrogens is 2. The first-order valence-electron chi connectivity index (χ1n) is 9.28. The first-order chi connectivity index (χ1) is 13.5. The van der Waals surface area contributed by atoms with Crippen LogP contribution in [0.3, 0.4) is 0 Å². The Kier molecular flexibility index (Phi) is 6.46. The molecule has 1 aromatic heterocycles. The molecule has 0 unspecified atom stereocenters. The summed E-state index contributed by atoms with van der Waals surface area (Å²) in [4.78, 5) is 28.6. The van der Waals surface area contributed by atoms with Crippen molar-refractivity contribution in [2.24, 2.45) is 0 Å². The average Bonchev–Trinajstić information content (AvgIpc) is 2.74. The summed E-state index contributed by atoms with van der Waals surface area (Å²) in [7, 11) is 1.77. The number of hydrogen-bond acceptors (Lipinski definition) is 4. The van der Waals surface area contributed by atoms with Crippen LogP contribution in [0.15, 0.2) is 36.5 Å². The summed E-state index contributed by atoms with van der Waals surface area (Å²) in [6.07, 6.45) is 3.23. The highest BCUT2D eigenvalue weighted by molar-refractivity contribution is 6.31. The van der Waals surface area contributed by atoms with Crippen LogP contribution < -0.4 is 5.32 Å². The van der Waals surface area contributed by atoms with E-state index in [0.29, 0.717) is 30.4 Å². The highest BCUT2D eigenvalue weighted by Gasteiger charge is 2.29. The number of nitrogens with zero attached hydrogens (tertiary/aromatic N) is 4. The fourth-order valence-corrected chi connectivity index (χ4v) is 3.44. The molecule has 1 aromatic carbocycles. The number of carbonyl (C=O) groups excluding carboxylic acids is 2. The summed E-state index contributed by atoms with van der Waals surface area (Å²) in [5.41, 5.74) is 2.30. The van der Waals surface area contributed by atoms with Gasteiger partial charge in [-0.25, -0.2) is 4.79 Å². The molecule has 7 nitrogen and oxygen atoms in total. The summed E-state index contributed by atoms with van der Waals surface area (Å²) >= 11 is 6.04. The molecule has 0 bridgehead atoms. The third-order valence-corrected chi connectivity index (χ3v) is 5.43. The Bertz CT molecular complexity index is 846. The molecule has 148 valence electrons. The van der Waals surface area contributed by atoms with Crippen LogP contribution in [0.5, 0.6) is 0 Å². The number of rotatable bonds is 4. The lowest BCUT2D eigenvalue weighted by atomic mass is 10.0. The molecule has 0 radical (unpaired) electrons. The normalized spacial score (nSPS) is 16.5. The SMILES string of the molecule is Cc1cc(CNC(=O)N(C)[C@@H]2CCCN(C(=O)c3cccnn3)C2)ccc1Cl. The number of benzene rings is 1. The molecule has 2 heterocycles. The Labute approximate surface area is 169 Å². The maximum Gasteiger partial charge on any atom is 0.317 e. The fourth-order valence-electron chi connectivity index (χ4n) is 3.32. The Morgan fingerprint density at radius 1 is 1.36 bits per heavy atom. The van der Waals surface area contributed by atoms with E-state index in [1.807, 2.05) is 25.1 Å². The molecule has 0 spiro atoms. The second kappa shape index (κ2) is 9.01. The second-order valence-corrected chi connectivity index (χ2v) is 7.42. The van der Waals surface area contributed by atoms with Crippen molar-refractivity contribution in [3.8, 4) is 0 Å². The van der Waals surface area contributed by atoms with Crippen molar-refractivity contribution < 1.29 is 9.59 Å². The van der Waals surface area contributed by atoms with E-state index in [0.717, 1.165) is 24.0 Å². The molecule has 1 N–H and O–H groups in total. The van der Waals surface area contributed by atoms with Crippen LogP contribution in [0, 0.1) is 6.92 Å². The highest BCUT2D eigenvalue weighted by atomic mass is 35.5. The summed E-state index contributed by atoms with van der Waals surface area (Å²) in [6, 6.07) is 8.84. The minimum atomic E-state index is -0.161. The van der Waals surface area contributed by atoms with Gasteiger partial charge in [0.15, 0.2) is 5.69 Å². The molecule has 1 fully saturated rings. The van der Waals surface area contributed by atoms with Crippen molar-refractivity contribution in [2.45, 2.75) is 32.4 Å². The molecular formula is C20H24ClN5O2. The van der Waals surface area contributed by atoms with Crippen LogP contribution in [-0.2, 0) is 6.54 Å². The van der Waals surface area contributed by atoms with Gasteiger partial charge in [-0.1, -0.05) is 23.7 Å². The molecule has 28 heavy (non-hydrogen) atoms. The summed E-state index contributed by atoms with van der Waals surface area (Å²) in [5, 5.41) is 11.3. The molecule has 3 rings (SSSR count). The van der Waals surface area contributed by atoms with Crippen LogP contribution >= 0.6 is 11.6 Å². The van der Waals surface area contributed by atoms with Gasteiger partial charge in [0, 0.05) is 37.9 Å². The molecule has 1 aliphatic heterocycles. The van der Waals surface area contributed by atoms with Crippen LogP contribution in [0.1, 0.15) is 34.5 Å². The maximum absolute atomic E-state index is 12.6. The summed E-state index contributed by atoms with van der Waals surface area (Å²) < 4.78 is 0. The van der Waals surface area contributed by atoms with Gasteiger partial charge in [-0.05, 0) is 49.1 Å². The van der Waals surface area contributed by atoms with Crippen molar-refractivity contribution >= 4 is 23.5 Å². The summed E-state index contributed by atoms with van der Waals surface area (Å²) in [6.45, 7) is 3.51. The number of nitrogens with one attached hydrogen (secondary N) is 1. The van der Waals surface area contributed by atoms with E-state index in [1.165, 1.54) is 6.20 Å². The number of piperidine rings is 1. The quantitative estimate of drug-likeness (QED) is 0.854. The number of likely N-dealkylation sites (N-methyl/N-ethyl adjacent to an activating group) is 1. The number of halogens is 1. The van der Waals surface area contributed by atoms with Gasteiger partial charge in [-0.3, -0.25) is 4.79 Å². The number of amides is 3. The van der Waals surface area contributed by atoms with Crippen molar-refractivity contribution in [2.75, 3.05) is 20.1 Å². The summed E-state index contributed by atoms with van der Waals surface area (Å²) in [5.74, 6) is -0.150. The molecule has 1 atom stereocenters.